The van der Waals surface area contributed by atoms with Crippen molar-refractivity contribution in [2.24, 2.45) is 0 Å². The molecule has 3 heteroatoms. The molecule has 1 atom stereocenters. The van der Waals surface area contributed by atoms with Crippen LogP contribution < -0.4 is 4.74 Å². The third-order valence-electron chi connectivity index (χ3n) is 4.95. The zero-order valence-electron chi connectivity index (χ0n) is 14.9. The van der Waals surface area contributed by atoms with Crippen LogP contribution in [0.25, 0.3) is 0 Å². The highest BCUT2D eigenvalue weighted by Gasteiger charge is 2.29. The summed E-state index contributed by atoms with van der Waals surface area (Å²) in [5, 5.41) is 0. The molecule has 0 spiro atoms. The monoisotopic (exact) mass is 323 g/mol. The normalized spacial score (nSPS) is 17.2. The number of ether oxygens (including phenoxy) is 1. The van der Waals surface area contributed by atoms with Gasteiger partial charge in [-0.1, -0.05) is 29.8 Å². The summed E-state index contributed by atoms with van der Waals surface area (Å²) in [6.45, 7) is 7.75. The van der Waals surface area contributed by atoms with Gasteiger partial charge in [0, 0.05) is 24.6 Å². The van der Waals surface area contributed by atoms with Gasteiger partial charge in [0.2, 0.25) is 0 Å². The molecule has 2 aromatic rings. The van der Waals surface area contributed by atoms with E-state index in [4.69, 9.17) is 4.74 Å². The Morgan fingerprint density at radius 3 is 2.29 bits per heavy atom. The first-order valence-electron chi connectivity index (χ1n) is 8.50. The second kappa shape index (κ2) is 6.68. The van der Waals surface area contributed by atoms with Crippen LogP contribution in [0.1, 0.15) is 45.0 Å². The number of benzene rings is 2. The molecule has 0 N–H and O–H groups in total. The Kier molecular flexibility index (Phi) is 4.61. The van der Waals surface area contributed by atoms with E-state index in [1.54, 1.807) is 7.11 Å². The highest BCUT2D eigenvalue weighted by Crippen LogP contribution is 2.30. The van der Waals surface area contributed by atoms with E-state index in [9.17, 15) is 4.79 Å². The van der Waals surface area contributed by atoms with Crippen molar-refractivity contribution in [1.82, 2.24) is 4.90 Å². The molecule has 0 aliphatic carbocycles. The van der Waals surface area contributed by atoms with Gasteiger partial charge in [0.25, 0.3) is 5.91 Å². The first kappa shape index (κ1) is 16.6. The summed E-state index contributed by atoms with van der Waals surface area (Å²) in [6.07, 6.45) is 1.02. The van der Waals surface area contributed by atoms with Gasteiger partial charge in [-0.05, 0) is 56.0 Å². The molecule has 0 radical (unpaired) electrons. The SMILES string of the molecule is COc1ccc(C2CCN(C(=O)c3c(C)cc(C)cc3C)C2)cc1. The van der Waals surface area contributed by atoms with Crippen LogP contribution >= 0.6 is 0 Å². The van der Waals surface area contributed by atoms with Gasteiger partial charge in [-0.25, -0.2) is 0 Å². The van der Waals surface area contributed by atoms with Gasteiger partial charge >= 0.3 is 0 Å². The van der Waals surface area contributed by atoms with Gasteiger partial charge in [0.05, 0.1) is 7.11 Å². The van der Waals surface area contributed by atoms with E-state index < -0.39 is 0 Å². The lowest BCUT2D eigenvalue weighted by Crippen LogP contribution is -2.29. The molecule has 24 heavy (non-hydrogen) atoms. The summed E-state index contributed by atoms with van der Waals surface area (Å²) in [4.78, 5) is 15.0. The Morgan fingerprint density at radius 2 is 1.71 bits per heavy atom. The third-order valence-corrected chi connectivity index (χ3v) is 4.95. The molecule has 126 valence electrons. The summed E-state index contributed by atoms with van der Waals surface area (Å²) >= 11 is 0. The standard InChI is InChI=1S/C21H25NO2/c1-14-11-15(2)20(16(3)12-14)21(23)22-10-9-18(13-22)17-5-7-19(24-4)8-6-17/h5-8,11-12,18H,9-10,13H2,1-4H3. The summed E-state index contributed by atoms with van der Waals surface area (Å²) < 4.78 is 5.22. The van der Waals surface area contributed by atoms with Gasteiger partial charge in [-0.3, -0.25) is 4.79 Å². The topological polar surface area (TPSA) is 29.5 Å². The molecular formula is C21H25NO2. The summed E-state index contributed by atoms with van der Waals surface area (Å²) in [5.74, 6) is 1.45. The molecule has 3 rings (SSSR count). The highest BCUT2D eigenvalue weighted by molar-refractivity contribution is 5.97. The molecule has 1 amide bonds. The Balaban J connectivity index is 1.76. The zero-order valence-corrected chi connectivity index (χ0v) is 14.9. The predicted molar refractivity (Wildman–Crippen MR) is 96.9 cm³/mol. The number of methoxy groups -OCH3 is 1. The zero-order chi connectivity index (χ0) is 17.3. The van der Waals surface area contributed by atoms with Gasteiger partial charge in [-0.2, -0.15) is 0 Å². The highest BCUT2D eigenvalue weighted by atomic mass is 16.5. The molecule has 1 saturated heterocycles. The van der Waals surface area contributed by atoms with E-state index in [1.807, 2.05) is 30.9 Å². The Hall–Kier alpha value is -2.29. The smallest absolute Gasteiger partial charge is 0.254 e. The maximum Gasteiger partial charge on any atom is 0.254 e. The average molecular weight is 323 g/mol. The molecule has 1 heterocycles. The van der Waals surface area contributed by atoms with Gasteiger partial charge in [0.15, 0.2) is 0 Å². The van der Waals surface area contributed by atoms with Gasteiger partial charge in [-0.15, -0.1) is 0 Å². The number of hydrogen-bond acceptors (Lipinski definition) is 2. The molecule has 3 nitrogen and oxygen atoms in total. The number of carbonyl (C=O) groups excluding carboxylic acids is 1. The fraction of sp³-hybridized carbons (Fsp3) is 0.381. The van der Waals surface area contributed by atoms with E-state index >= 15 is 0 Å². The summed E-state index contributed by atoms with van der Waals surface area (Å²) in [6, 6.07) is 12.4. The van der Waals surface area contributed by atoms with Gasteiger partial charge < -0.3 is 9.64 Å². The molecule has 1 unspecified atom stereocenters. The molecule has 0 saturated carbocycles. The van der Waals surface area contributed by atoms with E-state index in [0.29, 0.717) is 5.92 Å². The van der Waals surface area contributed by atoms with Crippen molar-refractivity contribution < 1.29 is 9.53 Å². The minimum Gasteiger partial charge on any atom is -0.497 e. The van der Waals surface area contributed by atoms with Crippen LogP contribution in [0.15, 0.2) is 36.4 Å². The number of nitrogens with zero attached hydrogens (tertiary/aromatic N) is 1. The van der Waals surface area contributed by atoms with E-state index in [1.165, 1.54) is 11.1 Å². The Labute approximate surface area is 144 Å². The summed E-state index contributed by atoms with van der Waals surface area (Å²) in [5.41, 5.74) is 5.51. The van der Waals surface area contributed by atoms with Crippen LogP contribution in [0, 0.1) is 20.8 Å². The number of amides is 1. The van der Waals surface area contributed by atoms with Crippen LogP contribution in [0.4, 0.5) is 0 Å². The molecule has 1 fully saturated rings. The number of carbonyl (C=O) groups is 1. The molecular weight excluding hydrogens is 298 g/mol. The number of likely N-dealkylation sites (tertiary alicyclic amines) is 1. The quantitative estimate of drug-likeness (QED) is 0.845. The van der Waals surface area contributed by atoms with E-state index in [0.717, 1.165) is 42.0 Å². The second-order valence-corrected chi connectivity index (χ2v) is 6.78. The minimum absolute atomic E-state index is 0.168. The molecule has 2 aromatic carbocycles. The summed E-state index contributed by atoms with van der Waals surface area (Å²) in [7, 11) is 1.68. The average Bonchev–Trinajstić information content (AvgIpc) is 3.04. The van der Waals surface area contributed by atoms with Crippen molar-refractivity contribution >= 4 is 5.91 Å². The van der Waals surface area contributed by atoms with Gasteiger partial charge in [0.1, 0.15) is 5.75 Å². The largest absolute Gasteiger partial charge is 0.497 e. The first-order chi connectivity index (χ1) is 11.5. The van der Waals surface area contributed by atoms with Crippen LogP contribution in [-0.4, -0.2) is 31.0 Å². The van der Waals surface area contributed by atoms with E-state index in [-0.39, 0.29) is 5.91 Å². The lowest BCUT2D eigenvalue weighted by molar-refractivity contribution is 0.0789. The van der Waals surface area contributed by atoms with Crippen LogP contribution in [0.3, 0.4) is 0 Å². The van der Waals surface area contributed by atoms with Crippen molar-refractivity contribution in [3.05, 3.63) is 64.2 Å². The fourth-order valence-electron chi connectivity index (χ4n) is 3.77. The fourth-order valence-corrected chi connectivity index (χ4v) is 3.77. The Bertz CT molecular complexity index is 726. The van der Waals surface area contributed by atoms with Crippen molar-refractivity contribution in [2.75, 3.05) is 20.2 Å². The molecule has 0 bridgehead atoms. The number of hydrogen-bond donors (Lipinski definition) is 0. The van der Waals surface area contributed by atoms with E-state index in [2.05, 4.69) is 31.2 Å². The maximum absolute atomic E-state index is 13.0. The predicted octanol–water partition coefficient (Wildman–Crippen LogP) is 4.25. The van der Waals surface area contributed by atoms with Crippen molar-refractivity contribution in [1.29, 1.82) is 0 Å². The molecule has 1 aliphatic heterocycles. The third kappa shape index (κ3) is 3.16. The van der Waals surface area contributed by atoms with Crippen LogP contribution in [0.5, 0.6) is 5.75 Å². The van der Waals surface area contributed by atoms with Crippen molar-refractivity contribution in [3.8, 4) is 5.75 Å². The number of rotatable bonds is 3. The first-order valence-corrected chi connectivity index (χ1v) is 8.50. The number of aryl methyl sites for hydroxylation is 3. The lowest BCUT2D eigenvalue weighted by atomic mass is 9.98. The molecule has 0 aromatic heterocycles. The Morgan fingerprint density at radius 1 is 1.08 bits per heavy atom. The van der Waals surface area contributed by atoms with Crippen molar-refractivity contribution in [2.45, 2.75) is 33.1 Å². The molecule has 1 aliphatic rings. The second-order valence-electron chi connectivity index (χ2n) is 6.78. The van der Waals surface area contributed by atoms with Crippen molar-refractivity contribution in [3.63, 3.8) is 0 Å². The maximum atomic E-state index is 13.0. The van der Waals surface area contributed by atoms with Crippen LogP contribution in [0.2, 0.25) is 0 Å². The minimum atomic E-state index is 0.168. The lowest BCUT2D eigenvalue weighted by Gasteiger charge is -2.20. The van der Waals surface area contributed by atoms with Crippen LogP contribution in [-0.2, 0) is 0 Å².